The maximum Gasteiger partial charge on any atom is 0.317 e. The molecule has 104 valence electrons. The van der Waals surface area contributed by atoms with Crippen LogP contribution in [0.15, 0.2) is 59.5 Å². The van der Waals surface area contributed by atoms with Crippen LogP contribution in [0.1, 0.15) is 5.56 Å². The summed E-state index contributed by atoms with van der Waals surface area (Å²) in [4.78, 5) is 12.4. The SMILES string of the molecule is COc1ccccc1C[C@@H](Sc1ccccc1)C(=O)O. The van der Waals surface area contributed by atoms with Crippen molar-refractivity contribution in [1.29, 1.82) is 0 Å². The number of rotatable bonds is 6. The number of carboxylic acid groups (broad SMARTS) is 1. The maximum atomic E-state index is 11.4. The van der Waals surface area contributed by atoms with Gasteiger partial charge in [-0.25, -0.2) is 0 Å². The van der Waals surface area contributed by atoms with Gasteiger partial charge in [0.2, 0.25) is 0 Å². The van der Waals surface area contributed by atoms with Crippen molar-refractivity contribution in [3.63, 3.8) is 0 Å². The Kier molecular flexibility index (Phi) is 5.07. The van der Waals surface area contributed by atoms with Gasteiger partial charge < -0.3 is 9.84 Å². The van der Waals surface area contributed by atoms with Gasteiger partial charge in [0, 0.05) is 4.90 Å². The number of hydrogen-bond acceptors (Lipinski definition) is 3. The van der Waals surface area contributed by atoms with Gasteiger partial charge in [-0.2, -0.15) is 0 Å². The van der Waals surface area contributed by atoms with Crippen LogP contribution >= 0.6 is 11.8 Å². The van der Waals surface area contributed by atoms with Crippen molar-refractivity contribution in [3.05, 3.63) is 60.2 Å². The first kappa shape index (κ1) is 14.5. The Balaban J connectivity index is 2.16. The first-order valence-electron chi connectivity index (χ1n) is 6.27. The second-order valence-electron chi connectivity index (χ2n) is 4.27. The van der Waals surface area contributed by atoms with Crippen LogP contribution in [0.5, 0.6) is 5.75 Å². The lowest BCUT2D eigenvalue weighted by Crippen LogP contribution is -2.19. The van der Waals surface area contributed by atoms with Crippen LogP contribution < -0.4 is 4.74 Å². The number of thioether (sulfide) groups is 1. The summed E-state index contributed by atoms with van der Waals surface area (Å²) in [6, 6.07) is 17.1. The predicted octanol–water partition coefficient (Wildman–Crippen LogP) is 3.48. The molecule has 0 amide bonds. The highest BCUT2D eigenvalue weighted by Gasteiger charge is 2.21. The van der Waals surface area contributed by atoms with Gasteiger partial charge in [-0.05, 0) is 30.2 Å². The number of aliphatic carboxylic acids is 1. The van der Waals surface area contributed by atoms with Gasteiger partial charge in [0.05, 0.1) is 7.11 Å². The molecule has 0 saturated heterocycles. The van der Waals surface area contributed by atoms with E-state index >= 15 is 0 Å². The van der Waals surface area contributed by atoms with Gasteiger partial charge in [0.15, 0.2) is 0 Å². The van der Waals surface area contributed by atoms with E-state index in [-0.39, 0.29) is 0 Å². The minimum Gasteiger partial charge on any atom is -0.496 e. The third-order valence-electron chi connectivity index (χ3n) is 2.89. The number of hydrogen-bond donors (Lipinski definition) is 1. The fourth-order valence-corrected chi connectivity index (χ4v) is 2.92. The lowest BCUT2D eigenvalue weighted by molar-refractivity contribution is -0.136. The van der Waals surface area contributed by atoms with Crippen molar-refractivity contribution in [2.45, 2.75) is 16.6 Å². The monoisotopic (exact) mass is 288 g/mol. The number of benzene rings is 2. The molecule has 0 heterocycles. The van der Waals surface area contributed by atoms with Gasteiger partial charge in [0.25, 0.3) is 0 Å². The van der Waals surface area contributed by atoms with Gasteiger partial charge >= 0.3 is 5.97 Å². The molecule has 0 aliphatic heterocycles. The van der Waals surface area contributed by atoms with Crippen LogP contribution in [0.3, 0.4) is 0 Å². The predicted molar refractivity (Wildman–Crippen MR) is 80.4 cm³/mol. The van der Waals surface area contributed by atoms with E-state index < -0.39 is 11.2 Å². The first-order chi connectivity index (χ1) is 9.70. The molecular weight excluding hydrogens is 272 g/mol. The molecule has 0 aliphatic rings. The lowest BCUT2D eigenvalue weighted by Gasteiger charge is -2.14. The van der Waals surface area contributed by atoms with E-state index in [0.717, 1.165) is 16.2 Å². The Morgan fingerprint density at radius 1 is 1.15 bits per heavy atom. The number of ether oxygens (including phenoxy) is 1. The molecule has 2 rings (SSSR count). The minimum atomic E-state index is -0.815. The number of methoxy groups -OCH3 is 1. The highest BCUT2D eigenvalue weighted by atomic mass is 32.2. The Labute approximate surface area is 122 Å². The molecule has 4 heteroatoms. The van der Waals surface area contributed by atoms with Crippen molar-refractivity contribution >= 4 is 17.7 Å². The minimum absolute atomic E-state index is 0.429. The molecule has 0 radical (unpaired) electrons. The summed E-state index contributed by atoms with van der Waals surface area (Å²) in [6.07, 6.45) is 0.429. The molecule has 2 aromatic rings. The summed E-state index contributed by atoms with van der Waals surface area (Å²) in [7, 11) is 1.60. The zero-order valence-corrected chi connectivity index (χ0v) is 12.0. The fraction of sp³-hybridized carbons (Fsp3) is 0.188. The van der Waals surface area contributed by atoms with Crippen molar-refractivity contribution < 1.29 is 14.6 Å². The molecule has 1 N–H and O–H groups in total. The molecule has 1 atom stereocenters. The average molecular weight is 288 g/mol. The molecule has 0 unspecified atom stereocenters. The second kappa shape index (κ2) is 7.01. The Hall–Kier alpha value is -1.94. The van der Waals surface area contributed by atoms with E-state index in [1.54, 1.807) is 7.11 Å². The zero-order chi connectivity index (χ0) is 14.4. The van der Waals surface area contributed by atoms with Crippen molar-refractivity contribution in [3.8, 4) is 5.75 Å². The molecule has 2 aromatic carbocycles. The maximum absolute atomic E-state index is 11.4. The molecule has 20 heavy (non-hydrogen) atoms. The summed E-state index contributed by atoms with van der Waals surface area (Å²) < 4.78 is 5.27. The average Bonchev–Trinajstić information content (AvgIpc) is 2.48. The fourth-order valence-electron chi connectivity index (χ4n) is 1.91. The highest BCUT2D eigenvalue weighted by Crippen LogP contribution is 2.28. The van der Waals surface area contributed by atoms with Gasteiger partial charge in [-0.1, -0.05) is 36.4 Å². The molecule has 0 aromatic heterocycles. The van der Waals surface area contributed by atoms with Crippen LogP contribution in [-0.2, 0) is 11.2 Å². The Morgan fingerprint density at radius 3 is 2.45 bits per heavy atom. The number of carbonyl (C=O) groups is 1. The summed E-state index contributed by atoms with van der Waals surface area (Å²) in [5.41, 5.74) is 0.908. The third-order valence-corrected chi connectivity index (χ3v) is 4.09. The number of carboxylic acids is 1. The molecule has 0 fully saturated rings. The second-order valence-corrected chi connectivity index (χ2v) is 5.55. The summed E-state index contributed by atoms with van der Waals surface area (Å²) in [5, 5.41) is 8.86. The highest BCUT2D eigenvalue weighted by molar-refractivity contribution is 8.00. The normalized spacial score (nSPS) is 11.8. The largest absolute Gasteiger partial charge is 0.496 e. The van der Waals surface area contributed by atoms with E-state index in [0.29, 0.717) is 6.42 Å². The topological polar surface area (TPSA) is 46.5 Å². The standard InChI is InChI=1S/C16H16O3S/c1-19-14-10-6-5-7-12(14)11-15(16(17)18)20-13-8-3-2-4-9-13/h2-10,15H,11H2,1H3,(H,17,18)/t15-/m1/s1. The van der Waals surface area contributed by atoms with E-state index in [2.05, 4.69) is 0 Å². The first-order valence-corrected chi connectivity index (χ1v) is 7.15. The lowest BCUT2D eigenvalue weighted by atomic mass is 10.1. The van der Waals surface area contributed by atoms with Gasteiger partial charge in [0.1, 0.15) is 11.0 Å². The van der Waals surface area contributed by atoms with Crippen LogP contribution in [0.4, 0.5) is 0 Å². The molecule has 0 bridgehead atoms. The van der Waals surface area contributed by atoms with Crippen LogP contribution in [0.2, 0.25) is 0 Å². The van der Waals surface area contributed by atoms with E-state index in [4.69, 9.17) is 4.74 Å². The Morgan fingerprint density at radius 2 is 1.80 bits per heavy atom. The van der Waals surface area contributed by atoms with Crippen molar-refractivity contribution in [2.75, 3.05) is 7.11 Å². The smallest absolute Gasteiger partial charge is 0.317 e. The van der Waals surface area contributed by atoms with E-state index in [9.17, 15) is 9.90 Å². The molecule has 0 aliphatic carbocycles. The summed E-state index contributed by atoms with van der Waals surface area (Å²) in [6.45, 7) is 0. The van der Waals surface area contributed by atoms with E-state index in [1.807, 2.05) is 54.6 Å². The zero-order valence-electron chi connectivity index (χ0n) is 11.2. The molecular formula is C16H16O3S. The molecule has 0 saturated carbocycles. The van der Waals surface area contributed by atoms with Crippen LogP contribution in [0, 0.1) is 0 Å². The van der Waals surface area contributed by atoms with Gasteiger partial charge in [-0.3, -0.25) is 4.79 Å². The van der Waals surface area contributed by atoms with Crippen LogP contribution in [-0.4, -0.2) is 23.4 Å². The summed E-state index contributed by atoms with van der Waals surface area (Å²) >= 11 is 1.36. The van der Waals surface area contributed by atoms with E-state index in [1.165, 1.54) is 11.8 Å². The summed E-state index contributed by atoms with van der Waals surface area (Å²) in [5.74, 6) is -0.0860. The van der Waals surface area contributed by atoms with Crippen molar-refractivity contribution in [1.82, 2.24) is 0 Å². The Bertz CT molecular complexity index is 569. The molecule has 0 spiro atoms. The number of para-hydroxylation sites is 1. The van der Waals surface area contributed by atoms with Gasteiger partial charge in [-0.15, -0.1) is 11.8 Å². The molecule has 3 nitrogen and oxygen atoms in total. The van der Waals surface area contributed by atoms with Crippen molar-refractivity contribution in [2.24, 2.45) is 0 Å². The van der Waals surface area contributed by atoms with Crippen LogP contribution in [0.25, 0.3) is 0 Å². The quantitative estimate of drug-likeness (QED) is 0.827. The third kappa shape index (κ3) is 3.78.